The predicted octanol–water partition coefficient (Wildman–Crippen LogP) is 4.37. The van der Waals surface area contributed by atoms with Crippen LogP contribution in [0.15, 0.2) is 16.6 Å². The minimum atomic E-state index is -4.36. The molecule has 1 N–H and O–H groups in total. The number of hydrogen-bond donors (Lipinski definition) is 1. The molecule has 0 aromatic heterocycles. The summed E-state index contributed by atoms with van der Waals surface area (Å²) in [5, 5.41) is 2.52. The van der Waals surface area contributed by atoms with Crippen molar-refractivity contribution in [3.63, 3.8) is 0 Å². The summed E-state index contributed by atoms with van der Waals surface area (Å²) in [5.41, 5.74) is 0.929. The molecule has 19 heavy (non-hydrogen) atoms. The quantitative estimate of drug-likeness (QED) is 0.860. The number of benzene rings is 1. The molecule has 0 amide bonds. The van der Waals surface area contributed by atoms with Crippen molar-refractivity contribution in [3.05, 3.63) is 27.7 Å². The van der Waals surface area contributed by atoms with Gasteiger partial charge in [-0.25, -0.2) is 0 Å². The number of halogens is 4. The molecule has 0 aliphatic heterocycles. The molecule has 0 fully saturated rings. The number of methoxy groups -OCH3 is 1. The third-order valence-corrected chi connectivity index (χ3v) is 3.60. The van der Waals surface area contributed by atoms with Crippen LogP contribution in [0.3, 0.4) is 0 Å². The second-order valence-electron chi connectivity index (χ2n) is 4.27. The fraction of sp³-hybridized carbons (Fsp3) is 0.538. The summed E-state index contributed by atoms with van der Waals surface area (Å²) in [5.74, 6) is 0.242. The van der Waals surface area contributed by atoms with E-state index in [0.717, 1.165) is 5.56 Å². The molecule has 108 valence electrons. The van der Waals surface area contributed by atoms with Gasteiger partial charge in [0.15, 0.2) is 0 Å². The number of aryl methyl sites for hydroxylation is 1. The lowest BCUT2D eigenvalue weighted by Gasteiger charge is -2.24. The van der Waals surface area contributed by atoms with Crippen LogP contribution in [0, 0.1) is 6.92 Å². The van der Waals surface area contributed by atoms with Crippen molar-refractivity contribution in [2.45, 2.75) is 32.5 Å². The van der Waals surface area contributed by atoms with E-state index in [9.17, 15) is 13.2 Å². The largest absolute Gasteiger partial charge is 0.496 e. The molecule has 1 rings (SSSR count). The average Bonchev–Trinajstić information content (AvgIpc) is 2.32. The van der Waals surface area contributed by atoms with Crippen molar-refractivity contribution < 1.29 is 17.9 Å². The van der Waals surface area contributed by atoms with Crippen LogP contribution in [-0.2, 0) is 0 Å². The van der Waals surface area contributed by atoms with E-state index in [-0.39, 0.29) is 11.3 Å². The molecule has 1 atom stereocenters. The fourth-order valence-corrected chi connectivity index (χ4v) is 2.12. The standard InChI is InChI=1S/C13H17BrF3NO/c1-4-5-18-12(13(15,16)17)9-7-10(14)8(2)6-11(9)19-3/h6-7,12,18H,4-5H2,1-3H3. The van der Waals surface area contributed by atoms with Gasteiger partial charge in [-0.3, -0.25) is 0 Å². The second kappa shape index (κ2) is 6.61. The summed E-state index contributed by atoms with van der Waals surface area (Å²) < 4.78 is 45.1. The van der Waals surface area contributed by atoms with Crippen LogP contribution in [0.25, 0.3) is 0 Å². The lowest BCUT2D eigenvalue weighted by atomic mass is 10.0. The van der Waals surface area contributed by atoms with E-state index >= 15 is 0 Å². The number of hydrogen-bond acceptors (Lipinski definition) is 2. The molecule has 6 heteroatoms. The third kappa shape index (κ3) is 4.11. The van der Waals surface area contributed by atoms with Crippen LogP contribution in [0.2, 0.25) is 0 Å². The Morgan fingerprint density at radius 3 is 2.47 bits per heavy atom. The number of rotatable bonds is 5. The molecule has 0 aliphatic carbocycles. The minimum absolute atomic E-state index is 0.0981. The predicted molar refractivity (Wildman–Crippen MR) is 72.5 cm³/mol. The van der Waals surface area contributed by atoms with Gasteiger partial charge in [0.1, 0.15) is 11.8 Å². The molecule has 0 saturated heterocycles. The van der Waals surface area contributed by atoms with E-state index in [1.165, 1.54) is 13.2 Å². The molecule has 2 nitrogen and oxygen atoms in total. The van der Waals surface area contributed by atoms with Crippen molar-refractivity contribution in [2.75, 3.05) is 13.7 Å². The Hall–Kier alpha value is -0.750. The van der Waals surface area contributed by atoms with Crippen LogP contribution in [0.5, 0.6) is 5.75 Å². The summed E-state index contributed by atoms with van der Waals surface area (Å²) in [6.45, 7) is 3.92. The first-order valence-corrected chi connectivity index (χ1v) is 6.74. The van der Waals surface area contributed by atoms with Gasteiger partial charge in [0, 0.05) is 10.0 Å². The van der Waals surface area contributed by atoms with E-state index in [1.54, 1.807) is 13.0 Å². The number of ether oxygens (including phenoxy) is 1. The van der Waals surface area contributed by atoms with Crippen molar-refractivity contribution in [3.8, 4) is 5.75 Å². The zero-order valence-electron chi connectivity index (χ0n) is 11.1. The molecule has 1 aromatic carbocycles. The minimum Gasteiger partial charge on any atom is -0.496 e. The van der Waals surface area contributed by atoms with Crippen LogP contribution >= 0.6 is 15.9 Å². The molecule has 1 aromatic rings. The van der Waals surface area contributed by atoms with E-state index in [0.29, 0.717) is 17.4 Å². The van der Waals surface area contributed by atoms with Crippen LogP contribution in [0.1, 0.15) is 30.5 Å². The first kappa shape index (κ1) is 16.3. The zero-order chi connectivity index (χ0) is 14.6. The maximum absolute atomic E-state index is 13.1. The second-order valence-corrected chi connectivity index (χ2v) is 5.13. The Kier molecular flexibility index (Phi) is 5.67. The van der Waals surface area contributed by atoms with Crippen molar-refractivity contribution in [2.24, 2.45) is 0 Å². The molecule has 0 aliphatic rings. The fourth-order valence-electron chi connectivity index (χ4n) is 1.76. The molecule has 0 radical (unpaired) electrons. The molecular weight excluding hydrogens is 323 g/mol. The highest BCUT2D eigenvalue weighted by molar-refractivity contribution is 9.10. The molecule has 0 bridgehead atoms. The van der Waals surface area contributed by atoms with E-state index in [2.05, 4.69) is 21.2 Å². The van der Waals surface area contributed by atoms with E-state index in [1.807, 2.05) is 6.92 Å². The van der Waals surface area contributed by atoms with Crippen LogP contribution in [0.4, 0.5) is 13.2 Å². The monoisotopic (exact) mass is 339 g/mol. The van der Waals surface area contributed by atoms with Crippen molar-refractivity contribution >= 4 is 15.9 Å². The zero-order valence-corrected chi connectivity index (χ0v) is 12.7. The van der Waals surface area contributed by atoms with Gasteiger partial charge in [0.2, 0.25) is 0 Å². The van der Waals surface area contributed by atoms with Crippen molar-refractivity contribution in [1.29, 1.82) is 0 Å². The molecule has 0 spiro atoms. The molecule has 1 unspecified atom stereocenters. The van der Waals surface area contributed by atoms with Gasteiger partial charge in [-0.05, 0) is 37.6 Å². The first-order chi connectivity index (χ1) is 8.81. The highest BCUT2D eigenvalue weighted by Gasteiger charge is 2.42. The average molecular weight is 340 g/mol. The Balaban J connectivity index is 3.24. The highest BCUT2D eigenvalue weighted by Crippen LogP contribution is 2.39. The summed E-state index contributed by atoms with van der Waals surface area (Å²) in [7, 11) is 1.37. The number of nitrogens with one attached hydrogen (secondary N) is 1. The lowest BCUT2D eigenvalue weighted by molar-refractivity contribution is -0.158. The Morgan fingerprint density at radius 2 is 2.00 bits per heavy atom. The molecule has 0 saturated carbocycles. The van der Waals surface area contributed by atoms with E-state index < -0.39 is 12.2 Å². The Labute approximate surface area is 119 Å². The molecular formula is C13H17BrF3NO. The maximum Gasteiger partial charge on any atom is 0.408 e. The molecule has 0 heterocycles. The normalized spacial score (nSPS) is 13.4. The lowest BCUT2D eigenvalue weighted by Crippen LogP contribution is -2.35. The van der Waals surface area contributed by atoms with Gasteiger partial charge in [-0.1, -0.05) is 22.9 Å². The first-order valence-electron chi connectivity index (χ1n) is 5.95. The third-order valence-electron chi connectivity index (χ3n) is 2.75. The van der Waals surface area contributed by atoms with Gasteiger partial charge in [0.25, 0.3) is 0 Å². The smallest absolute Gasteiger partial charge is 0.408 e. The summed E-state index contributed by atoms with van der Waals surface area (Å²) in [6.07, 6.45) is -3.74. The van der Waals surface area contributed by atoms with E-state index in [4.69, 9.17) is 4.74 Å². The van der Waals surface area contributed by atoms with Gasteiger partial charge in [-0.15, -0.1) is 0 Å². The van der Waals surface area contributed by atoms with Crippen molar-refractivity contribution in [1.82, 2.24) is 5.32 Å². The summed E-state index contributed by atoms with van der Waals surface area (Å²) in [6, 6.07) is 1.35. The topological polar surface area (TPSA) is 21.3 Å². The van der Waals surface area contributed by atoms with Gasteiger partial charge in [0.05, 0.1) is 7.11 Å². The highest BCUT2D eigenvalue weighted by atomic mass is 79.9. The summed E-state index contributed by atoms with van der Waals surface area (Å²) in [4.78, 5) is 0. The van der Waals surface area contributed by atoms with Gasteiger partial charge >= 0.3 is 6.18 Å². The SMILES string of the molecule is CCCNC(c1cc(Br)c(C)cc1OC)C(F)(F)F. The summed E-state index contributed by atoms with van der Waals surface area (Å²) >= 11 is 3.26. The Morgan fingerprint density at radius 1 is 1.37 bits per heavy atom. The Bertz CT molecular complexity index is 435. The van der Waals surface area contributed by atoms with Crippen LogP contribution < -0.4 is 10.1 Å². The van der Waals surface area contributed by atoms with Gasteiger partial charge in [-0.2, -0.15) is 13.2 Å². The maximum atomic E-state index is 13.1. The number of alkyl halides is 3. The van der Waals surface area contributed by atoms with Gasteiger partial charge < -0.3 is 10.1 Å². The van der Waals surface area contributed by atoms with Crippen LogP contribution in [-0.4, -0.2) is 19.8 Å².